The maximum atomic E-state index is 13.0. The van der Waals surface area contributed by atoms with Gasteiger partial charge in [0, 0.05) is 61.8 Å². The van der Waals surface area contributed by atoms with Crippen LogP contribution >= 0.6 is 0 Å². The molecular weight excluding hydrogens is 997 g/mol. The molecule has 0 bridgehead atoms. The Morgan fingerprint density at radius 1 is 0.449 bits per heavy atom. The Hall–Kier alpha value is -7.56. The van der Waals surface area contributed by atoms with Crippen LogP contribution < -0.4 is 47.4 Å². The Labute approximate surface area is 460 Å². The third kappa shape index (κ3) is 13.4. The Morgan fingerprint density at radius 3 is 1.08 bits per heavy atom. The topological polar surface area (TPSA) is 145 Å². The quantitative estimate of drug-likeness (QED) is 0.0224. The van der Waals surface area contributed by atoms with Gasteiger partial charge in [-0.1, -0.05) is 24.3 Å². The van der Waals surface area contributed by atoms with Gasteiger partial charge in [0.25, 0.3) is 0 Å². The lowest BCUT2D eigenvalue weighted by molar-refractivity contribution is -0.941. The third-order valence-corrected chi connectivity index (χ3v) is 15.5. The van der Waals surface area contributed by atoms with Crippen LogP contribution in [0.3, 0.4) is 0 Å². The first-order valence-corrected chi connectivity index (χ1v) is 26.3. The maximum Gasteiger partial charge on any atom is 0.330 e. The minimum absolute atomic E-state index is 0.0372. The number of hydrogen-bond donors (Lipinski definition) is 0. The first kappa shape index (κ1) is 58.1. The zero-order valence-corrected chi connectivity index (χ0v) is 47.5. The van der Waals surface area contributed by atoms with Crippen LogP contribution in [-0.4, -0.2) is 145 Å². The molecule has 0 saturated carbocycles. The summed E-state index contributed by atoms with van der Waals surface area (Å²) < 4.78 is 69.8. The van der Waals surface area contributed by atoms with Crippen LogP contribution in [0.1, 0.15) is 69.4 Å². The second-order valence-electron chi connectivity index (χ2n) is 20.0. The molecule has 5 aromatic carbocycles. The lowest BCUT2D eigenvalue weighted by atomic mass is 9.86. The van der Waals surface area contributed by atoms with Crippen LogP contribution in [-0.2, 0) is 44.7 Å². The Morgan fingerprint density at radius 2 is 0.769 bits per heavy atom. The summed E-state index contributed by atoms with van der Waals surface area (Å²) in [4.78, 5) is 25.9. The molecule has 16 nitrogen and oxygen atoms in total. The van der Waals surface area contributed by atoms with E-state index in [0.717, 1.165) is 61.3 Å². The summed E-state index contributed by atoms with van der Waals surface area (Å²) in [5.74, 6) is 5.39. The van der Waals surface area contributed by atoms with Crippen LogP contribution in [0.2, 0.25) is 0 Å². The number of nitrogens with zero attached hydrogens (tertiary/aromatic N) is 2. The van der Waals surface area contributed by atoms with Crippen LogP contribution in [0, 0.1) is 0 Å². The van der Waals surface area contributed by atoms with Gasteiger partial charge >= 0.3 is 11.9 Å². The summed E-state index contributed by atoms with van der Waals surface area (Å²) >= 11 is 0. The summed E-state index contributed by atoms with van der Waals surface area (Å²) in [5, 5.41) is 0. The molecule has 4 atom stereocenters. The SMILES string of the molecule is COc1cc2c(cc1OC)C(Cc1cc(OC)c(OC)c(OC)c1)[N+](C)(CCCOC(=O)C=Cc1ccc(C=CC(=O)OCCC[N+]3(C)CCc4cc(OC)c(OC)cc4C3Cc3cc(OC)c(OC)c(OC)c3)cc1)CC2. The van der Waals surface area contributed by atoms with Gasteiger partial charge in [-0.05, 0) is 94.1 Å². The van der Waals surface area contributed by atoms with Crippen molar-refractivity contribution in [3.05, 3.63) is 129 Å². The van der Waals surface area contributed by atoms with Gasteiger partial charge < -0.3 is 65.8 Å². The van der Waals surface area contributed by atoms with E-state index in [-0.39, 0.29) is 25.3 Å². The lowest BCUT2D eigenvalue weighted by Crippen LogP contribution is -2.52. The number of rotatable bonds is 26. The molecule has 0 aromatic heterocycles. The lowest BCUT2D eigenvalue weighted by Gasteiger charge is -2.46. The molecule has 2 aliphatic rings. The number of benzene rings is 5. The zero-order valence-electron chi connectivity index (χ0n) is 47.5. The van der Waals surface area contributed by atoms with Crippen molar-refractivity contribution in [2.45, 2.75) is 50.6 Å². The van der Waals surface area contributed by atoms with E-state index in [1.807, 2.05) is 48.5 Å². The molecule has 0 radical (unpaired) electrons. The predicted octanol–water partition coefficient (Wildman–Crippen LogP) is 9.64. The molecule has 2 heterocycles. The molecule has 0 amide bonds. The number of esters is 2. The fraction of sp³-hybridized carbons (Fsp3) is 0.419. The summed E-state index contributed by atoms with van der Waals surface area (Å²) in [6.45, 7) is 3.82. The standard InChI is InChI=1S/C62H78N2O14/c1-63(27-23-45-37-51(67-3)53(69-5)39-47(45)49(63)31-43-33-55(71-7)61(75-11)56(34-43)72-8)25-13-29-77-59(65)21-19-41-15-17-42(18-16-41)20-22-60(66)78-30-14-26-64(2)28-24-46-38-52(68-4)54(70-6)40-48(46)50(64)32-44-35-57(73-9)62(76-12)58(36-44)74-10/h15-22,33-40,49-50H,13-14,23-32H2,1-12H3/q+2. The van der Waals surface area contributed by atoms with Crippen molar-refractivity contribution in [1.29, 1.82) is 0 Å². The first-order valence-electron chi connectivity index (χ1n) is 26.3. The van der Waals surface area contributed by atoms with Crippen molar-refractivity contribution in [2.75, 3.05) is 125 Å². The van der Waals surface area contributed by atoms with Crippen molar-refractivity contribution in [2.24, 2.45) is 0 Å². The van der Waals surface area contributed by atoms with Gasteiger partial charge in [0.2, 0.25) is 11.5 Å². The van der Waals surface area contributed by atoms with Gasteiger partial charge in [-0.2, -0.15) is 0 Å². The van der Waals surface area contributed by atoms with E-state index >= 15 is 0 Å². The Bertz CT molecular complexity index is 2690. The van der Waals surface area contributed by atoms with Crippen molar-refractivity contribution in [1.82, 2.24) is 0 Å². The molecule has 418 valence electrons. The van der Waals surface area contributed by atoms with Gasteiger partial charge in [-0.3, -0.25) is 0 Å². The second-order valence-corrected chi connectivity index (χ2v) is 20.0. The van der Waals surface area contributed by atoms with E-state index in [4.69, 9.17) is 56.8 Å². The molecule has 4 unspecified atom stereocenters. The average Bonchev–Trinajstić information content (AvgIpc) is 3.61. The number of carbonyl (C=O) groups excluding carboxylic acids is 2. The number of hydrogen-bond acceptors (Lipinski definition) is 14. The minimum atomic E-state index is -0.421. The number of quaternary nitrogens is 2. The number of ether oxygens (including phenoxy) is 12. The Kier molecular flexibility index (Phi) is 19.9. The van der Waals surface area contributed by atoms with Crippen LogP contribution in [0.4, 0.5) is 0 Å². The fourth-order valence-electron chi connectivity index (χ4n) is 11.2. The highest BCUT2D eigenvalue weighted by Gasteiger charge is 2.42. The highest BCUT2D eigenvalue weighted by atomic mass is 16.6. The van der Waals surface area contributed by atoms with Crippen LogP contribution in [0.15, 0.2) is 84.9 Å². The number of methoxy groups -OCH3 is 10. The average molecular weight is 1080 g/mol. The monoisotopic (exact) mass is 1070 g/mol. The normalized spacial score (nSPS) is 18.6. The maximum absolute atomic E-state index is 13.0. The van der Waals surface area contributed by atoms with Gasteiger partial charge in [0.15, 0.2) is 46.0 Å². The molecular formula is C62H78N2O14+2. The molecule has 0 aliphatic carbocycles. The summed E-state index contributed by atoms with van der Waals surface area (Å²) in [6, 6.07) is 24.0. The number of carbonyl (C=O) groups is 2. The van der Waals surface area contributed by atoms with Gasteiger partial charge in [-0.25, -0.2) is 9.59 Å². The summed E-state index contributed by atoms with van der Waals surface area (Å²) in [6.07, 6.45) is 10.7. The van der Waals surface area contributed by atoms with Crippen molar-refractivity contribution >= 4 is 24.1 Å². The largest absolute Gasteiger partial charge is 0.493 e. The van der Waals surface area contributed by atoms with E-state index in [1.165, 1.54) is 34.4 Å². The molecule has 7 rings (SSSR count). The van der Waals surface area contributed by atoms with E-state index < -0.39 is 11.9 Å². The molecule has 0 saturated heterocycles. The van der Waals surface area contributed by atoms with Gasteiger partial charge in [0.1, 0.15) is 12.1 Å². The molecule has 0 spiro atoms. The first-order chi connectivity index (χ1) is 37.7. The number of likely N-dealkylation sites (N-methyl/N-ethyl adjacent to an activating group) is 2. The molecule has 2 aliphatic heterocycles. The van der Waals surface area contributed by atoms with E-state index in [2.05, 4.69) is 38.4 Å². The molecule has 78 heavy (non-hydrogen) atoms. The van der Waals surface area contributed by atoms with E-state index in [0.29, 0.717) is 92.1 Å². The molecule has 0 fully saturated rings. The summed E-state index contributed by atoms with van der Waals surface area (Å²) in [7, 11) is 20.8. The predicted molar refractivity (Wildman–Crippen MR) is 299 cm³/mol. The fourth-order valence-corrected chi connectivity index (χ4v) is 11.2. The highest BCUT2D eigenvalue weighted by Crippen LogP contribution is 2.47. The van der Waals surface area contributed by atoms with Crippen molar-refractivity contribution in [3.8, 4) is 57.5 Å². The smallest absolute Gasteiger partial charge is 0.330 e. The van der Waals surface area contributed by atoms with Crippen molar-refractivity contribution in [3.63, 3.8) is 0 Å². The zero-order chi connectivity index (χ0) is 56.0. The summed E-state index contributed by atoms with van der Waals surface area (Å²) in [5.41, 5.74) is 8.50. The van der Waals surface area contributed by atoms with E-state index in [1.54, 1.807) is 83.3 Å². The number of fused-ring (bicyclic) bond motifs is 2. The molecule has 16 heteroatoms. The third-order valence-electron chi connectivity index (χ3n) is 15.5. The van der Waals surface area contributed by atoms with Gasteiger partial charge in [0.05, 0.1) is 125 Å². The molecule has 0 N–H and O–H groups in total. The molecule has 5 aromatic rings. The minimum Gasteiger partial charge on any atom is -0.493 e. The van der Waals surface area contributed by atoms with Crippen LogP contribution in [0.25, 0.3) is 12.2 Å². The van der Waals surface area contributed by atoms with Crippen LogP contribution in [0.5, 0.6) is 57.5 Å². The van der Waals surface area contributed by atoms with E-state index in [9.17, 15) is 9.59 Å². The highest BCUT2D eigenvalue weighted by molar-refractivity contribution is 5.88. The van der Waals surface area contributed by atoms with Crippen molar-refractivity contribution < 1.29 is 75.4 Å². The second kappa shape index (κ2) is 26.7. The van der Waals surface area contributed by atoms with Gasteiger partial charge in [-0.15, -0.1) is 0 Å². The Balaban J connectivity index is 0.917.